The number of anilines is 1. The number of para-hydroxylation sites is 1. The highest BCUT2D eigenvalue weighted by molar-refractivity contribution is 6.03. The fourth-order valence-electron chi connectivity index (χ4n) is 2.97. The van der Waals surface area contributed by atoms with E-state index in [0.717, 1.165) is 19.6 Å². The van der Waals surface area contributed by atoms with Crippen LogP contribution in [-0.4, -0.2) is 47.8 Å². The summed E-state index contributed by atoms with van der Waals surface area (Å²) >= 11 is 0. The molecule has 2 aromatic carbocycles. The molecule has 0 radical (unpaired) electrons. The molecule has 0 atom stereocenters. The van der Waals surface area contributed by atoms with Gasteiger partial charge < -0.3 is 10.2 Å². The van der Waals surface area contributed by atoms with Crippen molar-refractivity contribution in [3.8, 4) is 0 Å². The van der Waals surface area contributed by atoms with Crippen LogP contribution in [-0.2, 0) is 16.1 Å². The molecular formula is C20H23N3O2. The minimum atomic E-state index is -0.261. The van der Waals surface area contributed by atoms with Crippen LogP contribution >= 0.6 is 0 Å². The zero-order valence-corrected chi connectivity index (χ0v) is 14.2. The lowest BCUT2D eigenvalue weighted by Crippen LogP contribution is -2.48. The molecule has 0 bridgehead atoms. The molecule has 1 aliphatic heterocycles. The highest BCUT2D eigenvalue weighted by Gasteiger charge is 2.22. The molecule has 0 spiro atoms. The van der Waals surface area contributed by atoms with Crippen LogP contribution in [0.4, 0.5) is 5.69 Å². The molecule has 0 saturated carbocycles. The maximum absolute atomic E-state index is 12.3. The summed E-state index contributed by atoms with van der Waals surface area (Å²) < 4.78 is 0. The Morgan fingerprint density at radius 2 is 1.44 bits per heavy atom. The van der Waals surface area contributed by atoms with Crippen molar-refractivity contribution >= 4 is 17.5 Å². The van der Waals surface area contributed by atoms with Crippen LogP contribution in [0, 0.1) is 0 Å². The normalized spacial score (nSPS) is 15.0. The second-order valence-electron chi connectivity index (χ2n) is 6.23. The van der Waals surface area contributed by atoms with Gasteiger partial charge in [0.15, 0.2) is 0 Å². The quantitative estimate of drug-likeness (QED) is 0.852. The van der Waals surface area contributed by atoms with Crippen molar-refractivity contribution < 1.29 is 9.59 Å². The second kappa shape index (κ2) is 8.44. The van der Waals surface area contributed by atoms with Crippen LogP contribution in [0.1, 0.15) is 12.0 Å². The van der Waals surface area contributed by atoms with Gasteiger partial charge in [-0.3, -0.25) is 14.5 Å². The standard InChI is InChI=1S/C20H23N3O2/c24-19(21-18-9-5-2-6-10-18)15-20(25)23-13-11-22(12-14-23)16-17-7-3-1-4-8-17/h1-10H,11-16H2,(H,21,24). The summed E-state index contributed by atoms with van der Waals surface area (Å²) in [6, 6.07) is 19.5. The van der Waals surface area contributed by atoms with Gasteiger partial charge in [0.2, 0.25) is 11.8 Å². The number of hydrogen-bond donors (Lipinski definition) is 1. The van der Waals surface area contributed by atoms with Crippen molar-refractivity contribution in [3.05, 3.63) is 66.2 Å². The Morgan fingerprint density at radius 3 is 2.08 bits per heavy atom. The summed E-state index contributed by atoms with van der Waals surface area (Å²) in [5.74, 6) is -0.365. The topological polar surface area (TPSA) is 52.7 Å². The van der Waals surface area contributed by atoms with Crippen LogP contribution in [0.2, 0.25) is 0 Å². The first kappa shape index (κ1) is 17.2. The Balaban J connectivity index is 1.43. The number of nitrogens with zero attached hydrogens (tertiary/aromatic N) is 2. The van der Waals surface area contributed by atoms with Crippen molar-refractivity contribution in [2.75, 3.05) is 31.5 Å². The van der Waals surface area contributed by atoms with E-state index in [1.807, 2.05) is 48.5 Å². The average Bonchev–Trinajstić information content (AvgIpc) is 2.64. The summed E-state index contributed by atoms with van der Waals surface area (Å²) in [6.45, 7) is 3.91. The van der Waals surface area contributed by atoms with Gasteiger partial charge in [0.05, 0.1) is 0 Å². The van der Waals surface area contributed by atoms with Gasteiger partial charge in [-0.1, -0.05) is 48.5 Å². The van der Waals surface area contributed by atoms with Gasteiger partial charge in [0, 0.05) is 38.4 Å². The summed E-state index contributed by atoms with van der Waals surface area (Å²) in [7, 11) is 0. The smallest absolute Gasteiger partial charge is 0.233 e. The molecule has 0 aromatic heterocycles. The third-order valence-electron chi connectivity index (χ3n) is 4.34. The van der Waals surface area contributed by atoms with Crippen molar-refractivity contribution in [1.82, 2.24) is 9.80 Å². The number of amides is 2. The van der Waals surface area contributed by atoms with Gasteiger partial charge in [0.25, 0.3) is 0 Å². The third kappa shape index (κ3) is 5.16. The van der Waals surface area contributed by atoms with Crippen molar-refractivity contribution in [2.45, 2.75) is 13.0 Å². The predicted molar refractivity (Wildman–Crippen MR) is 98.0 cm³/mol. The zero-order valence-electron chi connectivity index (χ0n) is 14.2. The highest BCUT2D eigenvalue weighted by Crippen LogP contribution is 2.10. The predicted octanol–water partition coefficient (Wildman–Crippen LogP) is 2.36. The number of nitrogens with one attached hydrogen (secondary N) is 1. The van der Waals surface area contributed by atoms with Gasteiger partial charge in [0.1, 0.15) is 6.42 Å². The van der Waals surface area contributed by atoms with E-state index in [1.165, 1.54) is 5.56 Å². The van der Waals surface area contributed by atoms with E-state index in [4.69, 9.17) is 0 Å². The van der Waals surface area contributed by atoms with E-state index >= 15 is 0 Å². The Kier molecular flexibility index (Phi) is 5.80. The minimum Gasteiger partial charge on any atom is -0.340 e. The molecule has 1 N–H and O–H groups in total. The van der Waals surface area contributed by atoms with Crippen molar-refractivity contribution in [3.63, 3.8) is 0 Å². The fourth-order valence-corrected chi connectivity index (χ4v) is 2.97. The summed E-state index contributed by atoms with van der Waals surface area (Å²) in [5, 5.41) is 2.76. The molecular weight excluding hydrogens is 314 g/mol. The van der Waals surface area contributed by atoms with Crippen LogP contribution in [0.25, 0.3) is 0 Å². The third-order valence-corrected chi connectivity index (χ3v) is 4.34. The van der Waals surface area contributed by atoms with E-state index < -0.39 is 0 Å². The Bertz CT molecular complexity index is 695. The molecule has 3 rings (SSSR count). The van der Waals surface area contributed by atoms with E-state index in [9.17, 15) is 9.59 Å². The maximum Gasteiger partial charge on any atom is 0.233 e. The first-order chi connectivity index (χ1) is 12.2. The molecule has 5 nitrogen and oxygen atoms in total. The number of carbonyl (C=O) groups is 2. The molecule has 130 valence electrons. The molecule has 25 heavy (non-hydrogen) atoms. The monoisotopic (exact) mass is 337 g/mol. The molecule has 2 aromatic rings. The molecule has 1 saturated heterocycles. The van der Waals surface area contributed by atoms with Gasteiger partial charge in [-0.05, 0) is 17.7 Å². The number of piperazine rings is 1. The number of benzene rings is 2. The van der Waals surface area contributed by atoms with Crippen LogP contribution < -0.4 is 5.32 Å². The van der Waals surface area contributed by atoms with Gasteiger partial charge in [-0.2, -0.15) is 0 Å². The average molecular weight is 337 g/mol. The van der Waals surface area contributed by atoms with Crippen LogP contribution in [0.5, 0.6) is 0 Å². The SMILES string of the molecule is O=C(CC(=O)N1CCN(Cc2ccccc2)CC1)Nc1ccccc1. The fraction of sp³-hybridized carbons (Fsp3) is 0.300. The summed E-state index contributed by atoms with van der Waals surface area (Å²) in [4.78, 5) is 28.4. The number of hydrogen-bond acceptors (Lipinski definition) is 3. The lowest BCUT2D eigenvalue weighted by Gasteiger charge is -2.34. The lowest BCUT2D eigenvalue weighted by atomic mass is 10.2. The molecule has 1 aliphatic rings. The van der Waals surface area contributed by atoms with Gasteiger partial charge in [-0.15, -0.1) is 0 Å². The van der Waals surface area contributed by atoms with E-state index in [-0.39, 0.29) is 18.2 Å². The number of rotatable bonds is 5. The molecule has 5 heteroatoms. The zero-order chi connectivity index (χ0) is 17.5. The number of carbonyl (C=O) groups excluding carboxylic acids is 2. The van der Waals surface area contributed by atoms with E-state index in [0.29, 0.717) is 18.8 Å². The summed E-state index contributed by atoms with van der Waals surface area (Å²) in [5.41, 5.74) is 2.00. The van der Waals surface area contributed by atoms with E-state index in [2.05, 4.69) is 22.3 Å². The van der Waals surface area contributed by atoms with Gasteiger partial charge in [-0.25, -0.2) is 0 Å². The largest absolute Gasteiger partial charge is 0.340 e. The van der Waals surface area contributed by atoms with Crippen molar-refractivity contribution in [1.29, 1.82) is 0 Å². The van der Waals surface area contributed by atoms with Crippen LogP contribution in [0.15, 0.2) is 60.7 Å². The van der Waals surface area contributed by atoms with Crippen LogP contribution in [0.3, 0.4) is 0 Å². The lowest BCUT2D eigenvalue weighted by molar-refractivity contribution is -0.136. The van der Waals surface area contributed by atoms with E-state index in [1.54, 1.807) is 4.90 Å². The van der Waals surface area contributed by atoms with Crippen molar-refractivity contribution in [2.24, 2.45) is 0 Å². The first-order valence-electron chi connectivity index (χ1n) is 8.60. The molecule has 2 amide bonds. The Hall–Kier alpha value is -2.66. The second-order valence-corrected chi connectivity index (χ2v) is 6.23. The molecule has 1 fully saturated rings. The highest BCUT2D eigenvalue weighted by atomic mass is 16.2. The Labute approximate surface area is 148 Å². The maximum atomic E-state index is 12.3. The molecule has 0 unspecified atom stereocenters. The molecule has 1 heterocycles. The Morgan fingerprint density at radius 1 is 0.840 bits per heavy atom. The van der Waals surface area contributed by atoms with Gasteiger partial charge >= 0.3 is 0 Å². The molecule has 0 aliphatic carbocycles. The summed E-state index contributed by atoms with van der Waals surface area (Å²) in [6.07, 6.45) is -0.104. The minimum absolute atomic E-state index is 0.104. The first-order valence-corrected chi connectivity index (χ1v) is 8.60.